The predicted molar refractivity (Wildman–Crippen MR) is 52.7 cm³/mol. The van der Waals surface area contributed by atoms with Crippen LogP contribution in [0, 0.1) is 17.5 Å². The van der Waals surface area contributed by atoms with E-state index in [1.807, 2.05) is 0 Å². The van der Waals surface area contributed by atoms with Crippen LogP contribution in [0.1, 0.15) is 16.5 Å². The van der Waals surface area contributed by atoms with Crippen molar-refractivity contribution in [2.45, 2.75) is 5.38 Å². The SMILES string of the molecule is Fc1cc(F)c(C(Cl)c2ccoc2)c(F)c1. The van der Waals surface area contributed by atoms with Crippen LogP contribution in [0.5, 0.6) is 0 Å². The Bertz CT molecular complexity index is 473. The van der Waals surface area contributed by atoms with Gasteiger partial charge in [-0.15, -0.1) is 11.6 Å². The summed E-state index contributed by atoms with van der Waals surface area (Å²) in [5, 5.41) is -1.04. The number of hydrogen-bond donors (Lipinski definition) is 0. The second-order valence-corrected chi connectivity index (χ2v) is 3.64. The molecule has 0 aliphatic carbocycles. The van der Waals surface area contributed by atoms with E-state index in [2.05, 4.69) is 0 Å². The molecule has 1 aromatic heterocycles. The van der Waals surface area contributed by atoms with Crippen LogP contribution in [0.25, 0.3) is 0 Å². The average molecular weight is 247 g/mol. The van der Waals surface area contributed by atoms with Crippen LogP contribution in [0.3, 0.4) is 0 Å². The van der Waals surface area contributed by atoms with Crippen molar-refractivity contribution in [1.29, 1.82) is 0 Å². The molecule has 1 heterocycles. The van der Waals surface area contributed by atoms with Crippen LogP contribution in [-0.4, -0.2) is 0 Å². The minimum absolute atomic E-state index is 0.385. The molecule has 16 heavy (non-hydrogen) atoms. The van der Waals surface area contributed by atoms with Crippen molar-refractivity contribution < 1.29 is 17.6 Å². The van der Waals surface area contributed by atoms with Crippen LogP contribution < -0.4 is 0 Å². The Labute approximate surface area is 94.4 Å². The number of benzene rings is 1. The molecule has 84 valence electrons. The van der Waals surface area contributed by atoms with Crippen LogP contribution in [0.2, 0.25) is 0 Å². The monoisotopic (exact) mass is 246 g/mol. The molecule has 0 N–H and O–H groups in total. The topological polar surface area (TPSA) is 13.1 Å². The third-order valence-corrected chi connectivity index (χ3v) is 2.60. The van der Waals surface area contributed by atoms with Gasteiger partial charge in [0.2, 0.25) is 0 Å². The smallest absolute Gasteiger partial charge is 0.134 e. The van der Waals surface area contributed by atoms with E-state index in [1.54, 1.807) is 0 Å². The molecule has 0 fully saturated rings. The summed E-state index contributed by atoms with van der Waals surface area (Å²) in [7, 11) is 0. The highest BCUT2D eigenvalue weighted by molar-refractivity contribution is 6.22. The highest BCUT2D eigenvalue weighted by Crippen LogP contribution is 2.33. The maximum absolute atomic E-state index is 13.4. The summed E-state index contributed by atoms with van der Waals surface area (Å²) in [5.41, 5.74) is 0.0236. The van der Waals surface area contributed by atoms with Crippen molar-refractivity contribution in [2.75, 3.05) is 0 Å². The Kier molecular flexibility index (Phi) is 2.92. The molecular weight excluding hydrogens is 241 g/mol. The minimum atomic E-state index is -1.04. The maximum atomic E-state index is 13.4. The van der Waals surface area contributed by atoms with Gasteiger partial charge < -0.3 is 4.42 Å². The fourth-order valence-electron chi connectivity index (χ4n) is 1.38. The normalized spacial score (nSPS) is 12.8. The van der Waals surface area contributed by atoms with Crippen molar-refractivity contribution in [2.24, 2.45) is 0 Å². The number of rotatable bonds is 2. The molecule has 0 radical (unpaired) electrons. The lowest BCUT2D eigenvalue weighted by molar-refractivity contribution is 0.525. The molecule has 1 aromatic carbocycles. The van der Waals surface area contributed by atoms with Crippen molar-refractivity contribution in [3.05, 3.63) is 59.3 Å². The Morgan fingerprint density at radius 1 is 1.12 bits per heavy atom. The third kappa shape index (κ3) is 1.93. The molecule has 5 heteroatoms. The molecule has 0 aliphatic heterocycles. The summed E-state index contributed by atoms with van der Waals surface area (Å²) in [5.74, 6) is -3.01. The Morgan fingerprint density at radius 2 is 1.75 bits per heavy atom. The van der Waals surface area contributed by atoms with Crippen molar-refractivity contribution in [3.8, 4) is 0 Å². The summed E-state index contributed by atoms with van der Waals surface area (Å²) in [4.78, 5) is 0. The van der Waals surface area contributed by atoms with E-state index in [4.69, 9.17) is 16.0 Å². The zero-order chi connectivity index (χ0) is 11.7. The van der Waals surface area contributed by atoms with E-state index in [0.717, 1.165) is 0 Å². The van der Waals surface area contributed by atoms with Gasteiger partial charge in [0.15, 0.2) is 0 Å². The fraction of sp³-hybridized carbons (Fsp3) is 0.0909. The van der Waals surface area contributed by atoms with Crippen molar-refractivity contribution >= 4 is 11.6 Å². The highest BCUT2D eigenvalue weighted by atomic mass is 35.5. The average Bonchev–Trinajstić information content (AvgIpc) is 2.67. The van der Waals surface area contributed by atoms with Crippen LogP contribution in [0.15, 0.2) is 35.1 Å². The summed E-state index contributed by atoms with van der Waals surface area (Å²) >= 11 is 5.87. The molecule has 0 bridgehead atoms. The predicted octanol–water partition coefficient (Wildman–Crippen LogP) is 4.03. The van der Waals surface area contributed by atoms with E-state index in [-0.39, 0.29) is 5.56 Å². The van der Waals surface area contributed by atoms with Gasteiger partial charge >= 0.3 is 0 Å². The molecule has 1 unspecified atom stereocenters. The number of alkyl halides is 1. The van der Waals surface area contributed by atoms with E-state index >= 15 is 0 Å². The lowest BCUT2D eigenvalue weighted by atomic mass is 10.1. The van der Waals surface area contributed by atoms with E-state index < -0.39 is 22.8 Å². The van der Waals surface area contributed by atoms with Gasteiger partial charge in [-0.3, -0.25) is 0 Å². The minimum Gasteiger partial charge on any atom is -0.472 e. The molecule has 1 nitrogen and oxygen atoms in total. The first kappa shape index (κ1) is 11.1. The Morgan fingerprint density at radius 3 is 2.25 bits per heavy atom. The van der Waals surface area contributed by atoms with E-state index in [0.29, 0.717) is 17.7 Å². The molecule has 0 spiro atoms. The second kappa shape index (κ2) is 4.22. The van der Waals surface area contributed by atoms with Gasteiger partial charge in [-0.2, -0.15) is 0 Å². The van der Waals surface area contributed by atoms with Crippen LogP contribution in [0.4, 0.5) is 13.2 Å². The molecule has 0 saturated heterocycles. The molecule has 2 rings (SSSR count). The van der Waals surface area contributed by atoms with Gasteiger partial charge in [0.25, 0.3) is 0 Å². The summed E-state index contributed by atoms with van der Waals surface area (Å²) in [6.45, 7) is 0. The van der Waals surface area contributed by atoms with E-state index in [9.17, 15) is 13.2 Å². The lowest BCUT2D eigenvalue weighted by Crippen LogP contribution is -2.01. The number of furan rings is 1. The molecule has 0 aliphatic rings. The van der Waals surface area contributed by atoms with Gasteiger partial charge in [0.05, 0.1) is 17.9 Å². The molecule has 1 atom stereocenters. The Hall–Kier alpha value is -1.42. The van der Waals surface area contributed by atoms with Crippen LogP contribution >= 0.6 is 11.6 Å². The molecular formula is C11H6ClF3O. The summed E-state index contributed by atoms with van der Waals surface area (Å²) in [6.07, 6.45) is 2.62. The lowest BCUT2D eigenvalue weighted by Gasteiger charge is -2.10. The highest BCUT2D eigenvalue weighted by Gasteiger charge is 2.21. The zero-order valence-electron chi connectivity index (χ0n) is 7.88. The molecule has 2 aromatic rings. The quantitative estimate of drug-likeness (QED) is 0.730. The fourth-order valence-corrected chi connectivity index (χ4v) is 1.71. The number of hydrogen-bond acceptors (Lipinski definition) is 1. The van der Waals surface area contributed by atoms with E-state index in [1.165, 1.54) is 18.6 Å². The van der Waals surface area contributed by atoms with Gasteiger partial charge in [0.1, 0.15) is 17.5 Å². The third-order valence-electron chi connectivity index (χ3n) is 2.13. The standard InChI is InChI=1S/C11H6ClF3O/c12-11(6-1-2-16-5-6)10-8(14)3-7(13)4-9(10)15/h1-5,11H. The zero-order valence-corrected chi connectivity index (χ0v) is 8.64. The molecule has 0 amide bonds. The first-order valence-corrected chi connectivity index (χ1v) is 4.84. The van der Waals surface area contributed by atoms with Gasteiger partial charge in [-0.05, 0) is 6.07 Å². The molecule has 0 saturated carbocycles. The van der Waals surface area contributed by atoms with Crippen molar-refractivity contribution in [3.63, 3.8) is 0 Å². The first-order valence-electron chi connectivity index (χ1n) is 4.40. The summed E-state index contributed by atoms with van der Waals surface area (Å²) in [6, 6.07) is 2.67. The Balaban J connectivity index is 2.48. The first-order chi connectivity index (χ1) is 7.59. The van der Waals surface area contributed by atoms with Gasteiger partial charge in [-0.25, -0.2) is 13.2 Å². The van der Waals surface area contributed by atoms with Crippen LogP contribution in [-0.2, 0) is 0 Å². The number of halogens is 4. The van der Waals surface area contributed by atoms with Gasteiger partial charge in [-0.1, -0.05) is 0 Å². The second-order valence-electron chi connectivity index (χ2n) is 3.20. The summed E-state index contributed by atoms with van der Waals surface area (Å²) < 4.78 is 44.1. The van der Waals surface area contributed by atoms with Crippen molar-refractivity contribution in [1.82, 2.24) is 0 Å². The largest absolute Gasteiger partial charge is 0.472 e. The van der Waals surface area contributed by atoms with Gasteiger partial charge in [0, 0.05) is 23.3 Å². The maximum Gasteiger partial charge on any atom is 0.134 e.